The van der Waals surface area contributed by atoms with Crippen LogP contribution in [0.2, 0.25) is 0 Å². The van der Waals surface area contributed by atoms with Gasteiger partial charge in [0.25, 0.3) is 5.56 Å². The zero-order valence-electron chi connectivity index (χ0n) is 19.7. The molecule has 34 heavy (non-hydrogen) atoms. The molecule has 10 nitrogen and oxygen atoms in total. The Labute approximate surface area is 196 Å². The van der Waals surface area contributed by atoms with E-state index < -0.39 is 11.2 Å². The Balaban J connectivity index is 1.59. The first-order valence-electron chi connectivity index (χ1n) is 12.0. The highest BCUT2D eigenvalue weighted by molar-refractivity contribution is 5.91. The van der Waals surface area contributed by atoms with Gasteiger partial charge in [0, 0.05) is 25.9 Å². The monoisotopic (exact) mass is 465 g/mol. The summed E-state index contributed by atoms with van der Waals surface area (Å²) >= 11 is 0. The number of imidazole rings is 2. The lowest BCUT2D eigenvalue weighted by Gasteiger charge is -2.09. The molecule has 0 saturated heterocycles. The first-order chi connectivity index (χ1) is 16.5. The standard InChI is InChI=1S/C24H31N7O3/c1-3-5-9-15-30-18(27-21-20(30)22(33)29-24(34)31(21)14-6-4-2)12-13-19(32)28-23-25-16-10-7-8-11-17(16)26-23/h7-8,10-11H,3-6,9,12-15H2,1-2H3,(H,29,33,34)(H2,25,26,28,32). The van der Waals surface area contributed by atoms with Crippen molar-refractivity contribution >= 4 is 34.1 Å². The zero-order chi connectivity index (χ0) is 24.1. The molecule has 1 amide bonds. The topological polar surface area (TPSA) is 130 Å². The number of nitrogens with zero attached hydrogens (tertiary/aromatic N) is 4. The second-order valence-corrected chi connectivity index (χ2v) is 8.47. The average Bonchev–Trinajstić information content (AvgIpc) is 3.38. The number of para-hydroxylation sites is 2. The third kappa shape index (κ3) is 4.95. The molecule has 4 rings (SSSR count). The maximum Gasteiger partial charge on any atom is 0.330 e. The molecule has 0 atom stereocenters. The van der Waals surface area contributed by atoms with Gasteiger partial charge < -0.3 is 9.55 Å². The van der Waals surface area contributed by atoms with E-state index in [0.717, 1.165) is 43.1 Å². The number of nitrogens with one attached hydrogen (secondary N) is 3. The van der Waals surface area contributed by atoms with E-state index in [0.29, 0.717) is 42.4 Å². The fourth-order valence-corrected chi connectivity index (χ4v) is 4.12. The van der Waals surface area contributed by atoms with E-state index in [1.54, 1.807) is 0 Å². The van der Waals surface area contributed by atoms with Crippen LogP contribution >= 0.6 is 0 Å². The summed E-state index contributed by atoms with van der Waals surface area (Å²) in [5.41, 5.74) is 1.54. The molecule has 0 aliphatic heterocycles. The number of aromatic amines is 2. The van der Waals surface area contributed by atoms with Gasteiger partial charge in [-0.15, -0.1) is 0 Å². The van der Waals surface area contributed by atoms with E-state index >= 15 is 0 Å². The molecule has 0 fully saturated rings. The SMILES string of the molecule is CCCCCn1c(CCC(=O)Nc2nc3ccccc3[nH]2)nc2c1c(=O)[nH]c(=O)n2CCCC. The number of rotatable bonds is 11. The van der Waals surface area contributed by atoms with Crippen LogP contribution in [0.3, 0.4) is 0 Å². The quantitative estimate of drug-likeness (QED) is 0.293. The minimum Gasteiger partial charge on any atom is -0.324 e. The molecule has 0 saturated carbocycles. The Hall–Kier alpha value is -3.69. The van der Waals surface area contributed by atoms with Gasteiger partial charge in [-0.1, -0.05) is 45.2 Å². The first kappa shape index (κ1) is 23.5. The maximum atomic E-state index is 12.7. The Morgan fingerprint density at radius 2 is 1.74 bits per heavy atom. The predicted octanol–water partition coefficient (Wildman–Crippen LogP) is 3.32. The van der Waals surface area contributed by atoms with Crippen molar-refractivity contribution in [2.24, 2.45) is 0 Å². The molecule has 0 radical (unpaired) electrons. The number of amides is 1. The van der Waals surface area contributed by atoms with E-state index in [2.05, 4.69) is 32.2 Å². The van der Waals surface area contributed by atoms with Crippen molar-refractivity contribution < 1.29 is 4.79 Å². The highest BCUT2D eigenvalue weighted by atomic mass is 16.2. The molecule has 1 aromatic carbocycles. The lowest BCUT2D eigenvalue weighted by atomic mass is 10.2. The summed E-state index contributed by atoms with van der Waals surface area (Å²) in [5, 5.41) is 2.80. The smallest absolute Gasteiger partial charge is 0.324 e. The van der Waals surface area contributed by atoms with E-state index in [-0.39, 0.29) is 12.3 Å². The number of benzene rings is 1. The second kappa shape index (κ2) is 10.5. The van der Waals surface area contributed by atoms with Gasteiger partial charge in [-0.3, -0.25) is 24.5 Å². The Bertz CT molecular complexity index is 1380. The fourth-order valence-electron chi connectivity index (χ4n) is 4.12. The van der Waals surface area contributed by atoms with Crippen LogP contribution in [0.5, 0.6) is 0 Å². The molecule has 3 N–H and O–H groups in total. The Kier molecular flexibility index (Phi) is 7.24. The number of carbonyl (C=O) groups is 1. The maximum absolute atomic E-state index is 12.7. The average molecular weight is 466 g/mol. The lowest BCUT2D eigenvalue weighted by molar-refractivity contribution is -0.116. The highest BCUT2D eigenvalue weighted by Gasteiger charge is 2.19. The molecular formula is C24H31N7O3. The van der Waals surface area contributed by atoms with Gasteiger partial charge in [0.15, 0.2) is 11.2 Å². The van der Waals surface area contributed by atoms with Crippen LogP contribution in [0.25, 0.3) is 22.2 Å². The molecule has 0 bridgehead atoms. The van der Waals surface area contributed by atoms with Crippen LogP contribution < -0.4 is 16.6 Å². The van der Waals surface area contributed by atoms with Crippen molar-refractivity contribution in [3.05, 3.63) is 50.9 Å². The van der Waals surface area contributed by atoms with Crippen molar-refractivity contribution in [3.63, 3.8) is 0 Å². The van der Waals surface area contributed by atoms with Gasteiger partial charge in [0.05, 0.1) is 11.0 Å². The highest BCUT2D eigenvalue weighted by Crippen LogP contribution is 2.17. The predicted molar refractivity (Wildman–Crippen MR) is 132 cm³/mol. The molecule has 0 spiro atoms. The zero-order valence-corrected chi connectivity index (χ0v) is 19.7. The molecule has 0 unspecified atom stereocenters. The van der Waals surface area contributed by atoms with Crippen molar-refractivity contribution in [2.45, 2.75) is 71.9 Å². The van der Waals surface area contributed by atoms with Gasteiger partial charge in [0.2, 0.25) is 11.9 Å². The number of H-pyrrole nitrogens is 2. The van der Waals surface area contributed by atoms with Crippen LogP contribution in [0.4, 0.5) is 5.95 Å². The summed E-state index contributed by atoms with van der Waals surface area (Å²) in [5.74, 6) is 0.822. The number of carbonyl (C=O) groups excluding carboxylic acids is 1. The van der Waals surface area contributed by atoms with Crippen molar-refractivity contribution in [1.82, 2.24) is 29.1 Å². The molecule has 0 aliphatic rings. The second-order valence-electron chi connectivity index (χ2n) is 8.47. The largest absolute Gasteiger partial charge is 0.330 e. The number of fused-ring (bicyclic) bond motifs is 2. The van der Waals surface area contributed by atoms with Crippen LogP contribution in [0.15, 0.2) is 33.9 Å². The molecule has 3 heterocycles. The molecule has 3 aromatic heterocycles. The number of aryl methyl sites for hydroxylation is 3. The first-order valence-corrected chi connectivity index (χ1v) is 12.0. The van der Waals surface area contributed by atoms with E-state index in [9.17, 15) is 14.4 Å². The molecule has 180 valence electrons. The third-order valence-corrected chi connectivity index (χ3v) is 5.91. The third-order valence-electron chi connectivity index (χ3n) is 5.91. The summed E-state index contributed by atoms with van der Waals surface area (Å²) in [6.45, 7) is 5.26. The molecule has 0 aliphatic carbocycles. The number of anilines is 1. The molecule has 10 heteroatoms. The van der Waals surface area contributed by atoms with Gasteiger partial charge in [-0.25, -0.2) is 14.8 Å². The number of aromatic nitrogens is 6. The lowest BCUT2D eigenvalue weighted by Crippen LogP contribution is -2.31. The van der Waals surface area contributed by atoms with Crippen LogP contribution in [-0.4, -0.2) is 35.0 Å². The molecule has 4 aromatic rings. The summed E-state index contributed by atoms with van der Waals surface area (Å²) in [7, 11) is 0. The minimum atomic E-state index is -0.446. The van der Waals surface area contributed by atoms with Gasteiger partial charge in [-0.2, -0.15) is 0 Å². The van der Waals surface area contributed by atoms with Crippen LogP contribution in [-0.2, 0) is 24.3 Å². The molecular weight excluding hydrogens is 434 g/mol. The summed E-state index contributed by atoms with van der Waals surface area (Å²) < 4.78 is 3.41. The van der Waals surface area contributed by atoms with Crippen LogP contribution in [0, 0.1) is 0 Å². The summed E-state index contributed by atoms with van der Waals surface area (Å²) in [6.07, 6.45) is 5.17. The van der Waals surface area contributed by atoms with Crippen LogP contribution in [0.1, 0.15) is 58.2 Å². The van der Waals surface area contributed by atoms with Crippen molar-refractivity contribution in [1.29, 1.82) is 0 Å². The van der Waals surface area contributed by atoms with Gasteiger partial charge in [-0.05, 0) is 25.0 Å². The minimum absolute atomic E-state index is 0.172. The summed E-state index contributed by atoms with van der Waals surface area (Å²) in [4.78, 5) is 52.4. The normalized spacial score (nSPS) is 11.5. The van der Waals surface area contributed by atoms with Crippen molar-refractivity contribution in [2.75, 3.05) is 5.32 Å². The Morgan fingerprint density at radius 3 is 2.50 bits per heavy atom. The Morgan fingerprint density at radius 1 is 0.971 bits per heavy atom. The van der Waals surface area contributed by atoms with Crippen molar-refractivity contribution in [3.8, 4) is 0 Å². The van der Waals surface area contributed by atoms with Gasteiger partial charge >= 0.3 is 5.69 Å². The fraction of sp³-hybridized carbons (Fsp3) is 0.458. The number of unbranched alkanes of at least 4 members (excludes halogenated alkanes) is 3. The number of hydrogen-bond donors (Lipinski definition) is 3. The van der Waals surface area contributed by atoms with E-state index in [1.807, 2.05) is 35.8 Å². The summed E-state index contributed by atoms with van der Waals surface area (Å²) in [6, 6.07) is 7.55. The van der Waals surface area contributed by atoms with Gasteiger partial charge in [0.1, 0.15) is 5.82 Å². The number of hydrogen-bond acceptors (Lipinski definition) is 5. The van der Waals surface area contributed by atoms with E-state index in [4.69, 9.17) is 0 Å². The van der Waals surface area contributed by atoms with E-state index in [1.165, 1.54) is 4.57 Å².